The lowest BCUT2D eigenvalue weighted by Crippen LogP contribution is -2.37. The van der Waals surface area contributed by atoms with Crippen molar-refractivity contribution in [2.75, 3.05) is 6.54 Å². The molecule has 1 aliphatic rings. The molecule has 0 bridgehead atoms. The molecule has 0 atom stereocenters. The van der Waals surface area contributed by atoms with Crippen LogP contribution in [-0.4, -0.2) is 43.4 Å². The third kappa shape index (κ3) is 3.72. The Balaban J connectivity index is 1.42. The van der Waals surface area contributed by atoms with Gasteiger partial charge in [-0.1, -0.05) is 23.7 Å². The van der Waals surface area contributed by atoms with E-state index < -0.39 is 0 Å². The van der Waals surface area contributed by atoms with Gasteiger partial charge in [0.05, 0.1) is 12.2 Å². The number of halogens is 1. The highest BCUT2D eigenvalue weighted by molar-refractivity contribution is 6.30. The molecular weight excluding hydrogens is 380 g/mol. The molecule has 4 rings (SSSR count). The first-order valence-corrected chi connectivity index (χ1v) is 9.13. The Hall–Kier alpha value is -3.26. The van der Waals surface area contributed by atoms with Crippen LogP contribution in [0.15, 0.2) is 42.9 Å². The van der Waals surface area contributed by atoms with Gasteiger partial charge in [0, 0.05) is 29.9 Å². The quantitative estimate of drug-likeness (QED) is 0.701. The van der Waals surface area contributed by atoms with Crippen molar-refractivity contribution in [3.8, 4) is 0 Å². The first kappa shape index (κ1) is 18.1. The van der Waals surface area contributed by atoms with Crippen LogP contribution in [0.5, 0.6) is 0 Å². The van der Waals surface area contributed by atoms with Gasteiger partial charge in [-0.25, -0.2) is 9.97 Å². The van der Waals surface area contributed by atoms with Crippen LogP contribution in [0.3, 0.4) is 0 Å². The summed E-state index contributed by atoms with van der Waals surface area (Å²) in [6.07, 6.45) is 3.43. The van der Waals surface area contributed by atoms with Gasteiger partial charge in [-0.3, -0.25) is 14.7 Å². The van der Waals surface area contributed by atoms with E-state index in [2.05, 4.69) is 25.5 Å². The topological polar surface area (TPSA) is 104 Å². The summed E-state index contributed by atoms with van der Waals surface area (Å²) >= 11 is 5.87. The van der Waals surface area contributed by atoms with Crippen LogP contribution in [0, 0.1) is 0 Å². The monoisotopic (exact) mass is 396 g/mol. The second kappa shape index (κ2) is 7.77. The van der Waals surface area contributed by atoms with Gasteiger partial charge in [0.2, 0.25) is 0 Å². The summed E-state index contributed by atoms with van der Waals surface area (Å²) in [7, 11) is 0. The van der Waals surface area contributed by atoms with Crippen molar-refractivity contribution < 1.29 is 9.59 Å². The molecule has 2 aromatic heterocycles. The maximum absolute atomic E-state index is 12.5. The number of nitrogens with zero attached hydrogens (tertiary/aromatic N) is 4. The van der Waals surface area contributed by atoms with Crippen LogP contribution in [0.2, 0.25) is 5.02 Å². The van der Waals surface area contributed by atoms with E-state index in [4.69, 9.17) is 11.6 Å². The van der Waals surface area contributed by atoms with Crippen molar-refractivity contribution in [3.05, 3.63) is 76.1 Å². The van der Waals surface area contributed by atoms with Crippen molar-refractivity contribution >= 4 is 23.4 Å². The molecule has 2 N–H and O–H groups in total. The van der Waals surface area contributed by atoms with Gasteiger partial charge < -0.3 is 10.2 Å². The number of carbonyl (C=O) groups is 2. The van der Waals surface area contributed by atoms with E-state index in [1.54, 1.807) is 23.1 Å². The minimum atomic E-state index is -0.247. The normalized spacial score (nSPS) is 13.1. The number of fused-ring (bicyclic) bond motifs is 1. The average Bonchev–Trinajstić information content (AvgIpc) is 3.16. The van der Waals surface area contributed by atoms with Crippen molar-refractivity contribution in [1.29, 1.82) is 0 Å². The molecule has 0 saturated carbocycles. The lowest BCUT2D eigenvalue weighted by atomic mass is 10.0. The summed E-state index contributed by atoms with van der Waals surface area (Å²) in [6, 6.07) is 8.87. The molecule has 1 aromatic carbocycles. The van der Waals surface area contributed by atoms with E-state index in [-0.39, 0.29) is 11.8 Å². The molecule has 8 nitrogen and oxygen atoms in total. The zero-order valence-electron chi connectivity index (χ0n) is 14.9. The van der Waals surface area contributed by atoms with E-state index in [1.807, 2.05) is 12.1 Å². The Morgan fingerprint density at radius 3 is 2.79 bits per heavy atom. The Kier molecular flexibility index (Phi) is 5.03. The second-order valence-electron chi connectivity index (χ2n) is 6.41. The maximum atomic E-state index is 12.5. The van der Waals surface area contributed by atoms with Crippen LogP contribution >= 0.6 is 11.6 Å². The third-order valence-electron chi connectivity index (χ3n) is 4.60. The molecule has 2 amide bonds. The minimum absolute atomic E-state index is 0.170. The van der Waals surface area contributed by atoms with E-state index in [9.17, 15) is 9.59 Å². The summed E-state index contributed by atoms with van der Waals surface area (Å²) < 4.78 is 0. The number of H-pyrrole nitrogens is 1. The number of amides is 2. The average molecular weight is 397 g/mol. The Labute approximate surface area is 166 Å². The predicted molar refractivity (Wildman–Crippen MR) is 102 cm³/mol. The van der Waals surface area contributed by atoms with Crippen molar-refractivity contribution in [3.63, 3.8) is 0 Å². The summed E-state index contributed by atoms with van der Waals surface area (Å²) in [4.78, 5) is 34.6. The molecule has 3 aromatic rings. The number of aromatic amines is 1. The lowest BCUT2D eigenvalue weighted by Gasteiger charge is -2.26. The van der Waals surface area contributed by atoms with Gasteiger partial charge in [-0.05, 0) is 30.2 Å². The van der Waals surface area contributed by atoms with Gasteiger partial charge in [0.25, 0.3) is 11.8 Å². The molecule has 0 radical (unpaired) electrons. The highest BCUT2D eigenvalue weighted by atomic mass is 35.5. The van der Waals surface area contributed by atoms with E-state index in [0.717, 1.165) is 16.8 Å². The number of aromatic nitrogens is 4. The van der Waals surface area contributed by atoms with E-state index >= 15 is 0 Å². The molecule has 142 valence electrons. The smallest absolute Gasteiger partial charge is 0.272 e. The number of hydrogen-bond acceptors (Lipinski definition) is 5. The zero-order valence-corrected chi connectivity index (χ0v) is 15.6. The fourth-order valence-corrected chi connectivity index (χ4v) is 3.25. The van der Waals surface area contributed by atoms with Crippen molar-refractivity contribution in [2.24, 2.45) is 0 Å². The van der Waals surface area contributed by atoms with Gasteiger partial charge >= 0.3 is 0 Å². The van der Waals surface area contributed by atoms with Crippen LogP contribution < -0.4 is 5.32 Å². The Morgan fingerprint density at radius 2 is 2.04 bits per heavy atom. The fourth-order valence-electron chi connectivity index (χ4n) is 3.13. The van der Waals surface area contributed by atoms with Gasteiger partial charge in [0.1, 0.15) is 12.0 Å². The fraction of sp³-hybridized carbons (Fsp3) is 0.211. The summed E-state index contributed by atoms with van der Waals surface area (Å²) in [6.45, 7) is 1.23. The van der Waals surface area contributed by atoms with Gasteiger partial charge in [0.15, 0.2) is 5.69 Å². The van der Waals surface area contributed by atoms with Crippen LogP contribution in [0.1, 0.15) is 37.8 Å². The standard InChI is InChI=1S/C19H17ClN6O2/c20-13-3-1-12(2-4-13)9-22-18(27)17-14-6-8-26(10-16(14)24-25-17)19(28)15-5-7-21-11-23-15/h1-5,7,11H,6,8-10H2,(H,22,27)(H,24,25). The predicted octanol–water partition coefficient (Wildman–Crippen LogP) is 1.98. The molecule has 1 aliphatic heterocycles. The number of rotatable bonds is 4. The third-order valence-corrected chi connectivity index (χ3v) is 4.86. The molecule has 0 fully saturated rings. The Morgan fingerprint density at radius 1 is 1.21 bits per heavy atom. The first-order chi connectivity index (χ1) is 13.6. The van der Waals surface area contributed by atoms with Crippen LogP contribution in [-0.2, 0) is 19.5 Å². The Bertz CT molecular complexity index is 1000. The molecule has 0 spiro atoms. The molecule has 28 heavy (non-hydrogen) atoms. The van der Waals surface area contributed by atoms with E-state index in [0.29, 0.717) is 42.5 Å². The number of benzene rings is 1. The molecule has 9 heteroatoms. The van der Waals surface area contributed by atoms with Gasteiger partial charge in [-0.2, -0.15) is 5.10 Å². The molecule has 0 saturated heterocycles. The number of hydrogen-bond donors (Lipinski definition) is 2. The second-order valence-corrected chi connectivity index (χ2v) is 6.85. The minimum Gasteiger partial charge on any atom is -0.347 e. The summed E-state index contributed by atoms with van der Waals surface area (Å²) in [5, 5.41) is 10.6. The largest absolute Gasteiger partial charge is 0.347 e. The number of nitrogens with one attached hydrogen (secondary N) is 2. The highest BCUT2D eigenvalue weighted by Crippen LogP contribution is 2.21. The molecule has 3 heterocycles. The first-order valence-electron chi connectivity index (χ1n) is 8.76. The molecular formula is C19H17ClN6O2. The van der Waals surface area contributed by atoms with Crippen molar-refractivity contribution in [2.45, 2.75) is 19.5 Å². The summed E-state index contributed by atoms with van der Waals surface area (Å²) in [5.74, 6) is -0.417. The van der Waals surface area contributed by atoms with E-state index in [1.165, 1.54) is 12.5 Å². The van der Waals surface area contributed by atoms with Crippen LogP contribution in [0.4, 0.5) is 0 Å². The summed E-state index contributed by atoms with van der Waals surface area (Å²) in [5.41, 5.74) is 3.28. The zero-order chi connectivity index (χ0) is 19.5. The lowest BCUT2D eigenvalue weighted by molar-refractivity contribution is 0.0726. The van der Waals surface area contributed by atoms with Crippen LogP contribution in [0.25, 0.3) is 0 Å². The molecule has 0 aliphatic carbocycles. The SMILES string of the molecule is O=C(NCc1ccc(Cl)cc1)c1n[nH]c2c1CCN(C(=O)c1ccncn1)C2. The number of carbonyl (C=O) groups excluding carboxylic acids is 2. The highest BCUT2D eigenvalue weighted by Gasteiger charge is 2.28. The van der Waals surface area contributed by atoms with Gasteiger partial charge in [-0.15, -0.1) is 0 Å². The van der Waals surface area contributed by atoms with Crippen molar-refractivity contribution in [1.82, 2.24) is 30.4 Å². The maximum Gasteiger partial charge on any atom is 0.272 e. The molecule has 0 unspecified atom stereocenters.